The topological polar surface area (TPSA) is 27.7 Å². The molecule has 0 saturated carbocycles. The minimum atomic E-state index is -0.476. The summed E-state index contributed by atoms with van der Waals surface area (Å²) in [5.74, 6) is -0.476. The first-order valence-electron chi connectivity index (χ1n) is 4.93. The highest BCUT2D eigenvalue weighted by molar-refractivity contribution is 4.94. The molecule has 0 radical (unpaired) electrons. The molecule has 82 valence electrons. The second kappa shape index (κ2) is 4.43. The van der Waals surface area contributed by atoms with E-state index in [2.05, 4.69) is 6.58 Å². The number of rotatable bonds is 4. The lowest BCUT2D eigenvalue weighted by molar-refractivity contribution is -0.153. The third-order valence-corrected chi connectivity index (χ3v) is 2.30. The summed E-state index contributed by atoms with van der Waals surface area (Å²) in [5.41, 5.74) is 1.10. The van der Waals surface area contributed by atoms with Gasteiger partial charge in [-0.1, -0.05) is 5.57 Å². The van der Waals surface area contributed by atoms with Crippen molar-refractivity contribution >= 4 is 0 Å². The average Bonchev–Trinajstić information content (AvgIpc) is 2.41. The number of hydrogen-bond donors (Lipinski definition) is 0. The van der Waals surface area contributed by atoms with Gasteiger partial charge in [0.1, 0.15) is 6.10 Å². The van der Waals surface area contributed by atoms with Gasteiger partial charge in [0, 0.05) is 7.11 Å². The van der Waals surface area contributed by atoms with Gasteiger partial charge in [-0.05, 0) is 27.2 Å². The van der Waals surface area contributed by atoms with Crippen molar-refractivity contribution in [2.75, 3.05) is 13.7 Å². The van der Waals surface area contributed by atoms with Crippen LogP contribution < -0.4 is 0 Å². The molecule has 0 N–H and O–H groups in total. The summed E-state index contributed by atoms with van der Waals surface area (Å²) >= 11 is 0. The van der Waals surface area contributed by atoms with E-state index < -0.39 is 5.79 Å². The maximum atomic E-state index is 5.71. The van der Waals surface area contributed by atoms with Crippen LogP contribution in [0.4, 0.5) is 0 Å². The van der Waals surface area contributed by atoms with Crippen molar-refractivity contribution in [1.82, 2.24) is 0 Å². The first-order chi connectivity index (χ1) is 6.44. The summed E-state index contributed by atoms with van der Waals surface area (Å²) in [6.07, 6.45) is 0.890. The molecule has 3 heteroatoms. The molecule has 1 saturated heterocycles. The van der Waals surface area contributed by atoms with E-state index in [9.17, 15) is 0 Å². The Kier molecular flexibility index (Phi) is 3.70. The summed E-state index contributed by atoms with van der Waals surface area (Å²) in [6.45, 7) is 10.3. The molecule has 0 aromatic carbocycles. The van der Waals surface area contributed by atoms with Gasteiger partial charge in [-0.2, -0.15) is 0 Å². The lowest BCUT2D eigenvalue weighted by Gasteiger charge is -2.23. The molecule has 0 aliphatic carbocycles. The molecule has 2 atom stereocenters. The molecule has 0 aromatic heterocycles. The molecular formula is C11H20O3. The zero-order chi connectivity index (χ0) is 10.8. The quantitative estimate of drug-likeness (QED) is 0.651. The molecule has 14 heavy (non-hydrogen) atoms. The van der Waals surface area contributed by atoms with Crippen LogP contribution in [0, 0.1) is 0 Å². The van der Waals surface area contributed by atoms with Crippen LogP contribution in [-0.2, 0) is 14.2 Å². The Bertz CT molecular complexity index is 211. The van der Waals surface area contributed by atoms with Crippen LogP contribution in [0.5, 0.6) is 0 Å². The zero-order valence-electron chi connectivity index (χ0n) is 9.50. The van der Waals surface area contributed by atoms with E-state index >= 15 is 0 Å². The Morgan fingerprint density at radius 3 is 2.64 bits per heavy atom. The van der Waals surface area contributed by atoms with Gasteiger partial charge in [0.25, 0.3) is 0 Å². The number of methoxy groups -OCH3 is 1. The Morgan fingerprint density at radius 2 is 2.29 bits per heavy atom. The fourth-order valence-corrected chi connectivity index (χ4v) is 1.61. The van der Waals surface area contributed by atoms with E-state index in [1.54, 1.807) is 7.11 Å². The highest BCUT2D eigenvalue weighted by Gasteiger charge is 2.37. The summed E-state index contributed by atoms with van der Waals surface area (Å²) < 4.78 is 16.6. The predicted molar refractivity (Wildman–Crippen MR) is 55.1 cm³/mol. The van der Waals surface area contributed by atoms with Crippen LogP contribution >= 0.6 is 0 Å². The summed E-state index contributed by atoms with van der Waals surface area (Å²) in [6, 6.07) is 0. The van der Waals surface area contributed by atoms with Crippen LogP contribution in [0.15, 0.2) is 12.2 Å². The minimum absolute atomic E-state index is 0.0201. The SMILES string of the molecule is C=C(C)C[C@H](OC)C1COC(C)(C)O1. The molecule has 1 rings (SSSR count). The van der Waals surface area contributed by atoms with Gasteiger partial charge in [-0.3, -0.25) is 0 Å². The molecule has 1 heterocycles. The largest absolute Gasteiger partial charge is 0.378 e. The minimum Gasteiger partial charge on any atom is -0.378 e. The van der Waals surface area contributed by atoms with E-state index in [0.717, 1.165) is 12.0 Å². The van der Waals surface area contributed by atoms with Crippen LogP contribution in [0.2, 0.25) is 0 Å². The zero-order valence-corrected chi connectivity index (χ0v) is 9.50. The fraction of sp³-hybridized carbons (Fsp3) is 0.818. The highest BCUT2D eigenvalue weighted by atomic mass is 16.7. The summed E-state index contributed by atoms with van der Waals surface area (Å²) in [5, 5.41) is 0. The summed E-state index contributed by atoms with van der Waals surface area (Å²) in [7, 11) is 1.70. The molecular weight excluding hydrogens is 180 g/mol. The predicted octanol–water partition coefficient (Wildman–Crippen LogP) is 2.12. The monoisotopic (exact) mass is 200 g/mol. The Balaban J connectivity index is 2.50. The van der Waals surface area contributed by atoms with Gasteiger partial charge in [-0.15, -0.1) is 6.58 Å². The van der Waals surface area contributed by atoms with Crippen molar-refractivity contribution in [3.63, 3.8) is 0 Å². The maximum absolute atomic E-state index is 5.71. The molecule has 0 amide bonds. The van der Waals surface area contributed by atoms with Crippen molar-refractivity contribution in [2.24, 2.45) is 0 Å². The van der Waals surface area contributed by atoms with Crippen molar-refractivity contribution in [3.8, 4) is 0 Å². The van der Waals surface area contributed by atoms with Gasteiger partial charge in [0.05, 0.1) is 12.7 Å². The van der Waals surface area contributed by atoms with E-state index in [-0.39, 0.29) is 12.2 Å². The number of ether oxygens (including phenoxy) is 3. The standard InChI is InChI=1S/C11H20O3/c1-8(2)6-9(12-5)10-7-13-11(3,4)14-10/h9-10H,1,6-7H2,2-5H3/t9-,10?/m0/s1. The molecule has 1 fully saturated rings. The van der Waals surface area contributed by atoms with Crippen LogP contribution in [-0.4, -0.2) is 31.7 Å². The van der Waals surface area contributed by atoms with Crippen LogP contribution in [0.3, 0.4) is 0 Å². The molecule has 1 aliphatic heterocycles. The molecule has 0 bridgehead atoms. The average molecular weight is 200 g/mol. The Hall–Kier alpha value is -0.380. The maximum Gasteiger partial charge on any atom is 0.163 e. The molecule has 0 aromatic rings. The van der Waals surface area contributed by atoms with Gasteiger partial charge in [-0.25, -0.2) is 0 Å². The van der Waals surface area contributed by atoms with Gasteiger partial charge in [0.15, 0.2) is 5.79 Å². The van der Waals surface area contributed by atoms with Crippen LogP contribution in [0.1, 0.15) is 27.2 Å². The Labute approximate surface area is 86.0 Å². The van der Waals surface area contributed by atoms with Gasteiger partial charge in [0.2, 0.25) is 0 Å². The normalized spacial score (nSPS) is 27.6. The Morgan fingerprint density at radius 1 is 1.64 bits per heavy atom. The molecule has 1 unspecified atom stereocenters. The number of hydrogen-bond acceptors (Lipinski definition) is 3. The van der Waals surface area contributed by atoms with Crippen LogP contribution in [0.25, 0.3) is 0 Å². The fourth-order valence-electron chi connectivity index (χ4n) is 1.61. The second-order valence-electron chi connectivity index (χ2n) is 4.30. The second-order valence-corrected chi connectivity index (χ2v) is 4.30. The van der Waals surface area contributed by atoms with Crippen molar-refractivity contribution in [3.05, 3.63) is 12.2 Å². The van der Waals surface area contributed by atoms with E-state index in [0.29, 0.717) is 6.61 Å². The van der Waals surface area contributed by atoms with E-state index in [4.69, 9.17) is 14.2 Å². The smallest absolute Gasteiger partial charge is 0.163 e. The lowest BCUT2D eigenvalue weighted by atomic mass is 10.1. The van der Waals surface area contributed by atoms with Gasteiger partial charge >= 0.3 is 0 Å². The van der Waals surface area contributed by atoms with Crippen molar-refractivity contribution in [1.29, 1.82) is 0 Å². The van der Waals surface area contributed by atoms with E-state index in [1.165, 1.54) is 0 Å². The van der Waals surface area contributed by atoms with E-state index in [1.807, 2.05) is 20.8 Å². The molecule has 1 aliphatic rings. The van der Waals surface area contributed by atoms with Crippen molar-refractivity contribution in [2.45, 2.75) is 45.2 Å². The molecule has 3 nitrogen and oxygen atoms in total. The third-order valence-electron chi connectivity index (χ3n) is 2.30. The third kappa shape index (κ3) is 3.08. The van der Waals surface area contributed by atoms with Gasteiger partial charge < -0.3 is 14.2 Å². The lowest BCUT2D eigenvalue weighted by Crippen LogP contribution is -2.32. The van der Waals surface area contributed by atoms with Crippen molar-refractivity contribution < 1.29 is 14.2 Å². The molecule has 0 spiro atoms. The first-order valence-corrected chi connectivity index (χ1v) is 4.93. The highest BCUT2D eigenvalue weighted by Crippen LogP contribution is 2.27. The summed E-state index contributed by atoms with van der Waals surface area (Å²) in [4.78, 5) is 0. The first kappa shape index (κ1) is 11.7.